The summed E-state index contributed by atoms with van der Waals surface area (Å²) in [6, 6.07) is 0. The summed E-state index contributed by atoms with van der Waals surface area (Å²) in [6.07, 6.45) is 7.99. The lowest BCUT2D eigenvalue weighted by Crippen LogP contribution is -2.16. The van der Waals surface area contributed by atoms with Gasteiger partial charge in [0, 0.05) is 0 Å². The minimum Gasteiger partial charge on any atom is -0.330 e. The molecule has 0 saturated heterocycles. The van der Waals surface area contributed by atoms with Crippen molar-refractivity contribution in [1.29, 1.82) is 0 Å². The molecule has 0 aromatic heterocycles. The van der Waals surface area contributed by atoms with Gasteiger partial charge in [0.15, 0.2) is 0 Å². The van der Waals surface area contributed by atoms with Crippen LogP contribution in [-0.4, -0.2) is 6.54 Å². The van der Waals surface area contributed by atoms with E-state index in [9.17, 15) is 0 Å². The maximum Gasteiger partial charge on any atom is -0.00722 e. The van der Waals surface area contributed by atoms with E-state index in [1.54, 1.807) is 0 Å². The summed E-state index contributed by atoms with van der Waals surface area (Å²) >= 11 is 0. The highest BCUT2D eigenvalue weighted by Gasteiger charge is 2.15. The molecule has 2 N–H and O–H groups in total. The fourth-order valence-corrected chi connectivity index (χ4v) is 1.55. The van der Waals surface area contributed by atoms with Gasteiger partial charge < -0.3 is 5.73 Å². The molecule has 0 heterocycles. The van der Waals surface area contributed by atoms with Gasteiger partial charge in [-0.05, 0) is 24.8 Å². The third-order valence-electron chi connectivity index (χ3n) is 2.53. The molecule has 0 unspecified atom stereocenters. The Labute approximate surface area is 77.7 Å². The maximum absolute atomic E-state index is 5.55. The molecule has 0 aromatic carbocycles. The van der Waals surface area contributed by atoms with E-state index in [4.69, 9.17) is 5.73 Å². The first kappa shape index (κ1) is 12.0. The van der Waals surface area contributed by atoms with Crippen molar-refractivity contribution >= 4 is 0 Å². The van der Waals surface area contributed by atoms with Crippen molar-refractivity contribution in [2.75, 3.05) is 6.54 Å². The quantitative estimate of drug-likeness (QED) is 0.584. The molecule has 0 aliphatic carbocycles. The summed E-state index contributed by atoms with van der Waals surface area (Å²) in [6.45, 7) is 7.74. The molecule has 0 aliphatic rings. The zero-order chi connectivity index (χ0) is 9.45. The molecule has 0 aliphatic heterocycles. The van der Waals surface area contributed by atoms with Crippen LogP contribution in [0.3, 0.4) is 0 Å². The highest BCUT2D eigenvalue weighted by atomic mass is 14.5. The van der Waals surface area contributed by atoms with Crippen LogP contribution in [-0.2, 0) is 0 Å². The fourth-order valence-electron chi connectivity index (χ4n) is 1.55. The Morgan fingerprint density at radius 1 is 1.00 bits per heavy atom. The highest BCUT2D eigenvalue weighted by molar-refractivity contribution is 4.68. The lowest BCUT2D eigenvalue weighted by molar-refractivity contribution is 0.299. The Balaban J connectivity index is 3.33. The van der Waals surface area contributed by atoms with Gasteiger partial charge >= 0.3 is 0 Å². The van der Waals surface area contributed by atoms with E-state index in [-0.39, 0.29) is 0 Å². The van der Waals surface area contributed by atoms with Gasteiger partial charge in [-0.2, -0.15) is 0 Å². The molecule has 0 atom stereocenters. The van der Waals surface area contributed by atoms with E-state index >= 15 is 0 Å². The van der Waals surface area contributed by atoms with Crippen LogP contribution in [0.4, 0.5) is 0 Å². The molecule has 1 heteroatoms. The van der Waals surface area contributed by atoms with Gasteiger partial charge in [0.05, 0.1) is 0 Å². The summed E-state index contributed by atoms with van der Waals surface area (Å²) < 4.78 is 0. The second-order valence-electron chi connectivity index (χ2n) is 4.51. The smallest absolute Gasteiger partial charge is 0.00722 e. The fraction of sp³-hybridized carbons (Fsp3) is 1.00. The van der Waals surface area contributed by atoms with E-state index in [1.807, 2.05) is 0 Å². The number of nitrogens with two attached hydrogens (primary N) is 1. The Morgan fingerprint density at radius 2 is 1.67 bits per heavy atom. The topological polar surface area (TPSA) is 26.0 Å². The van der Waals surface area contributed by atoms with Gasteiger partial charge in [-0.25, -0.2) is 0 Å². The Morgan fingerprint density at radius 3 is 2.17 bits per heavy atom. The molecular formula is C11H25N. The van der Waals surface area contributed by atoms with Crippen molar-refractivity contribution in [2.24, 2.45) is 11.1 Å². The van der Waals surface area contributed by atoms with Crippen molar-refractivity contribution in [3.63, 3.8) is 0 Å². The number of rotatable bonds is 7. The minimum absolute atomic E-state index is 0.475. The molecule has 0 saturated carbocycles. The second kappa shape index (κ2) is 6.47. The molecule has 74 valence electrons. The van der Waals surface area contributed by atoms with Crippen LogP contribution in [0, 0.1) is 5.41 Å². The second-order valence-corrected chi connectivity index (χ2v) is 4.51. The van der Waals surface area contributed by atoms with Gasteiger partial charge in [0.25, 0.3) is 0 Å². The third-order valence-corrected chi connectivity index (χ3v) is 2.53. The van der Waals surface area contributed by atoms with Crippen LogP contribution >= 0.6 is 0 Å². The van der Waals surface area contributed by atoms with E-state index in [0.29, 0.717) is 5.41 Å². The summed E-state index contributed by atoms with van der Waals surface area (Å²) in [4.78, 5) is 0. The molecule has 12 heavy (non-hydrogen) atoms. The summed E-state index contributed by atoms with van der Waals surface area (Å²) in [5, 5.41) is 0. The Bertz CT molecular complexity index is 97.2. The van der Waals surface area contributed by atoms with Gasteiger partial charge in [-0.1, -0.05) is 46.5 Å². The van der Waals surface area contributed by atoms with Gasteiger partial charge in [-0.15, -0.1) is 0 Å². The van der Waals surface area contributed by atoms with E-state index in [0.717, 1.165) is 6.54 Å². The summed E-state index contributed by atoms with van der Waals surface area (Å²) in [5.74, 6) is 0. The predicted molar refractivity (Wildman–Crippen MR) is 56.2 cm³/mol. The largest absolute Gasteiger partial charge is 0.330 e. The first-order chi connectivity index (χ1) is 5.62. The zero-order valence-corrected chi connectivity index (χ0v) is 9.03. The van der Waals surface area contributed by atoms with Crippen molar-refractivity contribution in [3.8, 4) is 0 Å². The summed E-state index contributed by atoms with van der Waals surface area (Å²) in [5.41, 5.74) is 6.02. The molecule has 0 amide bonds. The van der Waals surface area contributed by atoms with Crippen LogP contribution in [0.15, 0.2) is 0 Å². The summed E-state index contributed by atoms with van der Waals surface area (Å²) in [7, 11) is 0. The molecule has 0 fully saturated rings. The Kier molecular flexibility index (Phi) is 6.45. The molecule has 0 bridgehead atoms. The normalized spacial score (nSPS) is 12.0. The lowest BCUT2D eigenvalue weighted by atomic mass is 9.84. The van der Waals surface area contributed by atoms with E-state index in [2.05, 4.69) is 20.8 Å². The lowest BCUT2D eigenvalue weighted by Gasteiger charge is -2.23. The SMILES string of the molecule is CCCCCCC(C)(C)CCN. The molecular weight excluding hydrogens is 146 g/mol. The van der Waals surface area contributed by atoms with Gasteiger partial charge in [-0.3, -0.25) is 0 Å². The zero-order valence-electron chi connectivity index (χ0n) is 9.03. The molecule has 0 rings (SSSR count). The van der Waals surface area contributed by atoms with Gasteiger partial charge in [0.2, 0.25) is 0 Å². The van der Waals surface area contributed by atoms with Crippen molar-refractivity contribution in [2.45, 2.75) is 59.3 Å². The molecule has 1 nitrogen and oxygen atoms in total. The molecule has 0 spiro atoms. The van der Waals surface area contributed by atoms with Gasteiger partial charge in [0.1, 0.15) is 0 Å². The van der Waals surface area contributed by atoms with Crippen LogP contribution in [0.5, 0.6) is 0 Å². The van der Waals surface area contributed by atoms with E-state index in [1.165, 1.54) is 38.5 Å². The van der Waals surface area contributed by atoms with Crippen molar-refractivity contribution in [3.05, 3.63) is 0 Å². The number of hydrogen-bond acceptors (Lipinski definition) is 1. The highest BCUT2D eigenvalue weighted by Crippen LogP contribution is 2.26. The van der Waals surface area contributed by atoms with E-state index < -0.39 is 0 Å². The standard InChI is InChI=1S/C11H25N/c1-4-5-6-7-8-11(2,3)9-10-12/h4-10,12H2,1-3H3. The van der Waals surface area contributed by atoms with Crippen LogP contribution in [0.1, 0.15) is 59.3 Å². The average Bonchev–Trinajstić information content (AvgIpc) is 1.98. The average molecular weight is 171 g/mol. The minimum atomic E-state index is 0.475. The third kappa shape index (κ3) is 6.66. The van der Waals surface area contributed by atoms with Crippen LogP contribution in [0.25, 0.3) is 0 Å². The molecule has 0 aromatic rings. The van der Waals surface area contributed by atoms with Crippen LogP contribution < -0.4 is 5.73 Å². The maximum atomic E-state index is 5.55. The molecule has 0 radical (unpaired) electrons. The monoisotopic (exact) mass is 171 g/mol. The van der Waals surface area contributed by atoms with Crippen molar-refractivity contribution < 1.29 is 0 Å². The first-order valence-corrected chi connectivity index (χ1v) is 5.32. The van der Waals surface area contributed by atoms with Crippen LogP contribution in [0.2, 0.25) is 0 Å². The predicted octanol–water partition coefficient (Wildman–Crippen LogP) is 3.33. The van der Waals surface area contributed by atoms with Crippen molar-refractivity contribution in [1.82, 2.24) is 0 Å². The first-order valence-electron chi connectivity index (χ1n) is 5.32. The number of hydrogen-bond donors (Lipinski definition) is 1. The number of unbranched alkanes of at least 4 members (excludes halogenated alkanes) is 3. The Hall–Kier alpha value is -0.0400.